The van der Waals surface area contributed by atoms with Crippen LogP contribution in [0.2, 0.25) is 0 Å². The predicted molar refractivity (Wildman–Crippen MR) is 71.7 cm³/mol. The highest BCUT2D eigenvalue weighted by atomic mass is 16.6. The largest absolute Gasteiger partial charge is 0.275 e. The van der Waals surface area contributed by atoms with Crippen LogP contribution < -0.4 is 0 Å². The first-order valence-electron chi connectivity index (χ1n) is 6.03. The number of allylic oxidation sites excluding steroid dienone is 1. The van der Waals surface area contributed by atoms with Gasteiger partial charge in [-0.1, -0.05) is 34.6 Å². The molecule has 0 amide bonds. The van der Waals surface area contributed by atoms with Crippen molar-refractivity contribution in [1.82, 2.24) is 9.78 Å². The van der Waals surface area contributed by atoms with Gasteiger partial charge in [-0.25, -0.2) is 0 Å². The predicted octanol–water partition coefficient (Wildman–Crippen LogP) is 2.99. The van der Waals surface area contributed by atoms with E-state index in [1.165, 1.54) is 0 Å². The van der Waals surface area contributed by atoms with Crippen molar-refractivity contribution in [3.8, 4) is 0 Å². The molecule has 5 nitrogen and oxygen atoms in total. The first-order chi connectivity index (χ1) is 8.12. The quantitative estimate of drug-likeness (QED) is 0.613. The Morgan fingerprint density at radius 2 is 2.06 bits per heavy atom. The molecule has 0 bridgehead atoms. The van der Waals surface area contributed by atoms with Crippen LogP contribution >= 0.6 is 0 Å². The zero-order valence-corrected chi connectivity index (χ0v) is 11.9. The minimum absolute atomic E-state index is 0.118. The van der Waals surface area contributed by atoms with Gasteiger partial charge in [0.2, 0.25) is 5.70 Å². The van der Waals surface area contributed by atoms with Crippen molar-refractivity contribution in [2.75, 3.05) is 0 Å². The fraction of sp³-hybridized carbons (Fsp3) is 0.615. The Bertz CT molecular complexity index is 479. The van der Waals surface area contributed by atoms with Crippen LogP contribution in [0.1, 0.15) is 45.9 Å². The summed E-state index contributed by atoms with van der Waals surface area (Å²) in [4.78, 5) is 10.7. The molecular formula is C13H21N3O2. The van der Waals surface area contributed by atoms with E-state index in [1.54, 1.807) is 10.8 Å². The summed E-state index contributed by atoms with van der Waals surface area (Å²) in [5, 5.41) is 15.4. The highest BCUT2D eigenvalue weighted by Crippen LogP contribution is 2.27. The Hall–Kier alpha value is -1.65. The average molecular weight is 251 g/mol. The van der Waals surface area contributed by atoms with Crippen LogP contribution in [0.5, 0.6) is 0 Å². The molecule has 0 saturated heterocycles. The van der Waals surface area contributed by atoms with Crippen molar-refractivity contribution in [3.05, 3.63) is 33.3 Å². The van der Waals surface area contributed by atoms with Gasteiger partial charge in [0.25, 0.3) is 0 Å². The highest BCUT2D eigenvalue weighted by molar-refractivity contribution is 5.54. The van der Waals surface area contributed by atoms with Gasteiger partial charge in [0.1, 0.15) is 0 Å². The second-order valence-corrected chi connectivity index (χ2v) is 5.84. The normalized spacial score (nSPS) is 13.2. The topological polar surface area (TPSA) is 61.0 Å². The summed E-state index contributed by atoms with van der Waals surface area (Å²) in [6, 6.07) is 0. The lowest BCUT2D eigenvalue weighted by molar-refractivity contribution is -0.431. The van der Waals surface area contributed by atoms with Gasteiger partial charge in [-0.15, -0.1) is 0 Å². The Kier molecular flexibility index (Phi) is 3.94. The summed E-state index contributed by atoms with van der Waals surface area (Å²) in [7, 11) is 1.83. The SMILES string of the molecule is CC(C)C(=Cc1cn(C)nc1C(C)(C)C)[N+](=O)[O-]. The molecule has 0 aliphatic rings. The van der Waals surface area contributed by atoms with Gasteiger partial charge in [-0.2, -0.15) is 5.10 Å². The maximum Gasteiger partial charge on any atom is 0.249 e. The van der Waals surface area contributed by atoms with Crippen molar-refractivity contribution in [2.24, 2.45) is 13.0 Å². The molecule has 0 aromatic carbocycles. The van der Waals surface area contributed by atoms with E-state index in [-0.39, 0.29) is 22.0 Å². The fourth-order valence-electron chi connectivity index (χ4n) is 1.78. The summed E-state index contributed by atoms with van der Waals surface area (Å²) >= 11 is 0. The van der Waals surface area contributed by atoms with Crippen molar-refractivity contribution in [2.45, 2.75) is 40.0 Å². The van der Waals surface area contributed by atoms with Gasteiger partial charge >= 0.3 is 0 Å². The molecule has 0 aliphatic heterocycles. The van der Waals surface area contributed by atoms with Gasteiger partial charge in [0.05, 0.1) is 10.6 Å². The Morgan fingerprint density at radius 1 is 1.50 bits per heavy atom. The Morgan fingerprint density at radius 3 is 2.44 bits per heavy atom. The van der Waals surface area contributed by atoms with Gasteiger partial charge in [0.15, 0.2) is 0 Å². The minimum atomic E-state index is -0.315. The lowest BCUT2D eigenvalue weighted by Crippen LogP contribution is -2.14. The third-order valence-corrected chi connectivity index (χ3v) is 2.67. The fourth-order valence-corrected chi connectivity index (χ4v) is 1.78. The molecule has 1 aromatic heterocycles. The molecule has 0 unspecified atom stereocenters. The number of aromatic nitrogens is 2. The first kappa shape index (κ1) is 14.4. The summed E-state index contributed by atoms with van der Waals surface area (Å²) < 4.78 is 1.70. The Labute approximate surface area is 108 Å². The van der Waals surface area contributed by atoms with Crippen molar-refractivity contribution in [3.63, 3.8) is 0 Å². The lowest BCUT2D eigenvalue weighted by Gasteiger charge is -2.16. The molecular weight excluding hydrogens is 230 g/mol. The minimum Gasteiger partial charge on any atom is -0.275 e. The molecule has 1 aromatic rings. The lowest BCUT2D eigenvalue weighted by atomic mass is 9.89. The van der Waals surface area contributed by atoms with Gasteiger partial charge < -0.3 is 0 Å². The number of aryl methyl sites for hydroxylation is 1. The van der Waals surface area contributed by atoms with Crippen LogP contribution in [-0.4, -0.2) is 14.7 Å². The van der Waals surface area contributed by atoms with Crippen molar-refractivity contribution >= 4 is 6.08 Å². The van der Waals surface area contributed by atoms with Crippen LogP contribution in [-0.2, 0) is 12.5 Å². The zero-order valence-electron chi connectivity index (χ0n) is 11.9. The van der Waals surface area contributed by atoms with Crippen molar-refractivity contribution in [1.29, 1.82) is 0 Å². The average Bonchev–Trinajstić information content (AvgIpc) is 2.54. The number of nitro groups is 1. The third-order valence-electron chi connectivity index (χ3n) is 2.67. The maximum atomic E-state index is 11.0. The van der Waals surface area contributed by atoms with E-state index >= 15 is 0 Å². The number of nitrogens with zero attached hydrogens (tertiary/aromatic N) is 3. The molecule has 0 atom stereocenters. The molecule has 0 spiro atoms. The number of hydrogen-bond acceptors (Lipinski definition) is 3. The van der Waals surface area contributed by atoms with E-state index in [9.17, 15) is 10.1 Å². The molecule has 18 heavy (non-hydrogen) atoms. The van der Waals surface area contributed by atoms with Crippen LogP contribution in [0.3, 0.4) is 0 Å². The second kappa shape index (κ2) is 4.92. The molecule has 0 radical (unpaired) electrons. The van der Waals surface area contributed by atoms with Crippen LogP contribution in [0.15, 0.2) is 11.9 Å². The molecule has 0 aliphatic carbocycles. The smallest absolute Gasteiger partial charge is 0.249 e. The summed E-state index contributed by atoms with van der Waals surface area (Å²) in [6.07, 6.45) is 3.46. The van der Waals surface area contributed by atoms with Crippen LogP contribution in [0.4, 0.5) is 0 Å². The molecule has 5 heteroatoms. The van der Waals surface area contributed by atoms with E-state index in [4.69, 9.17) is 0 Å². The van der Waals surface area contributed by atoms with E-state index in [0.29, 0.717) is 0 Å². The van der Waals surface area contributed by atoms with Crippen LogP contribution in [0, 0.1) is 16.0 Å². The van der Waals surface area contributed by atoms with E-state index in [0.717, 1.165) is 11.3 Å². The standard InChI is InChI=1S/C13H21N3O2/c1-9(2)11(16(17)18)7-10-8-15(6)14-12(10)13(3,4)5/h7-9H,1-6H3. The van der Waals surface area contributed by atoms with E-state index in [1.807, 2.05) is 47.9 Å². The number of hydrogen-bond donors (Lipinski definition) is 0. The van der Waals surface area contributed by atoms with Gasteiger partial charge in [-0.05, 0) is 0 Å². The third kappa shape index (κ3) is 3.18. The zero-order chi connectivity index (χ0) is 14.1. The van der Waals surface area contributed by atoms with E-state index in [2.05, 4.69) is 5.10 Å². The highest BCUT2D eigenvalue weighted by Gasteiger charge is 2.24. The van der Waals surface area contributed by atoms with Gasteiger partial charge in [-0.3, -0.25) is 14.8 Å². The summed E-state index contributed by atoms with van der Waals surface area (Å²) in [5.41, 5.74) is 1.79. The Balaban J connectivity index is 3.33. The van der Waals surface area contributed by atoms with Crippen molar-refractivity contribution < 1.29 is 4.92 Å². The number of rotatable bonds is 3. The van der Waals surface area contributed by atoms with Gasteiger partial charge in [0, 0.05) is 36.2 Å². The molecule has 0 N–H and O–H groups in total. The molecule has 1 heterocycles. The monoisotopic (exact) mass is 251 g/mol. The maximum absolute atomic E-state index is 11.0. The molecule has 100 valence electrons. The van der Waals surface area contributed by atoms with E-state index < -0.39 is 0 Å². The summed E-state index contributed by atoms with van der Waals surface area (Å²) in [5.74, 6) is -0.118. The van der Waals surface area contributed by atoms with Crippen LogP contribution in [0.25, 0.3) is 6.08 Å². The summed E-state index contributed by atoms with van der Waals surface area (Å²) in [6.45, 7) is 9.79. The molecule has 0 saturated carbocycles. The molecule has 0 fully saturated rings. The molecule has 1 rings (SSSR count). The second-order valence-electron chi connectivity index (χ2n) is 5.84. The first-order valence-corrected chi connectivity index (χ1v) is 6.03.